The molecular formula is C8H13NOS. The fraction of sp³-hybridized carbons (Fsp3) is 0.625. The Morgan fingerprint density at radius 3 is 2.09 bits per heavy atom. The second kappa shape index (κ2) is 2.57. The SMILES string of the molecule is Cc1nc(C)c(C(C)(C)O)s1. The molecule has 0 amide bonds. The van der Waals surface area contributed by atoms with Crippen LogP contribution in [0.5, 0.6) is 0 Å². The molecule has 1 heterocycles. The van der Waals surface area contributed by atoms with E-state index in [9.17, 15) is 5.11 Å². The Morgan fingerprint density at radius 2 is 1.91 bits per heavy atom. The average molecular weight is 171 g/mol. The van der Waals surface area contributed by atoms with Crippen LogP contribution in [0, 0.1) is 13.8 Å². The molecule has 11 heavy (non-hydrogen) atoms. The van der Waals surface area contributed by atoms with E-state index in [1.165, 1.54) is 0 Å². The summed E-state index contributed by atoms with van der Waals surface area (Å²) in [5.41, 5.74) is 0.204. The molecule has 0 spiro atoms. The van der Waals surface area contributed by atoms with Crippen molar-refractivity contribution in [3.63, 3.8) is 0 Å². The van der Waals surface area contributed by atoms with Gasteiger partial charge in [-0.2, -0.15) is 0 Å². The fourth-order valence-electron chi connectivity index (χ4n) is 1.10. The summed E-state index contributed by atoms with van der Waals surface area (Å²) >= 11 is 1.56. The third-order valence-electron chi connectivity index (χ3n) is 1.46. The van der Waals surface area contributed by atoms with Gasteiger partial charge in [-0.1, -0.05) is 0 Å². The predicted molar refractivity (Wildman–Crippen MR) is 46.8 cm³/mol. The fourth-order valence-corrected chi connectivity index (χ4v) is 2.02. The van der Waals surface area contributed by atoms with Gasteiger partial charge in [-0.15, -0.1) is 11.3 Å². The Kier molecular flexibility index (Phi) is 2.03. The molecule has 1 aromatic heterocycles. The number of aliphatic hydroxyl groups is 1. The monoisotopic (exact) mass is 171 g/mol. The van der Waals surface area contributed by atoms with E-state index in [-0.39, 0.29) is 0 Å². The Morgan fingerprint density at radius 1 is 1.36 bits per heavy atom. The topological polar surface area (TPSA) is 33.1 Å². The standard InChI is InChI=1S/C8H13NOS/c1-5-7(8(3,4)10)11-6(2)9-5/h10H,1-4H3. The van der Waals surface area contributed by atoms with E-state index >= 15 is 0 Å². The zero-order chi connectivity index (χ0) is 8.65. The van der Waals surface area contributed by atoms with Crippen molar-refractivity contribution in [2.45, 2.75) is 33.3 Å². The minimum absolute atomic E-state index is 0.740. The number of aromatic nitrogens is 1. The van der Waals surface area contributed by atoms with E-state index in [2.05, 4.69) is 4.98 Å². The normalized spacial score (nSPS) is 12.1. The molecule has 0 saturated heterocycles. The van der Waals surface area contributed by atoms with Gasteiger partial charge in [-0.25, -0.2) is 4.98 Å². The quantitative estimate of drug-likeness (QED) is 0.701. The lowest BCUT2D eigenvalue weighted by Crippen LogP contribution is -2.14. The van der Waals surface area contributed by atoms with Gasteiger partial charge in [0.1, 0.15) is 0 Å². The third kappa shape index (κ3) is 1.79. The molecule has 3 heteroatoms. The lowest BCUT2D eigenvalue weighted by atomic mass is 10.1. The highest BCUT2D eigenvalue weighted by Crippen LogP contribution is 2.28. The van der Waals surface area contributed by atoms with Crippen LogP contribution in [0.4, 0.5) is 0 Å². The maximum absolute atomic E-state index is 9.65. The average Bonchev–Trinajstić information content (AvgIpc) is 2.08. The highest BCUT2D eigenvalue weighted by atomic mass is 32.1. The highest BCUT2D eigenvalue weighted by Gasteiger charge is 2.21. The van der Waals surface area contributed by atoms with E-state index in [4.69, 9.17) is 0 Å². The maximum Gasteiger partial charge on any atom is 0.0950 e. The van der Waals surface area contributed by atoms with Crippen molar-refractivity contribution in [1.82, 2.24) is 4.98 Å². The third-order valence-corrected chi connectivity index (χ3v) is 2.84. The predicted octanol–water partition coefficient (Wildman–Crippen LogP) is 1.99. The summed E-state index contributed by atoms with van der Waals surface area (Å²) in [6, 6.07) is 0. The van der Waals surface area contributed by atoms with E-state index in [0.29, 0.717) is 0 Å². The number of hydrogen-bond acceptors (Lipinski definition) is 3. The molecule has 0 atom stereocenters. The van der Waals surface area contributed by atoms with Gasteiger partial charge >= 0.3 is 0 Å². The second-order valence-electron chi connectivity index (χ2n) is 3.21. The molecule has 0 saturated carbocycles. The molecule has 0 aliphatic rings. The highest BCUT2D eigenvalue weighted by molar-refractivity contribution is 7.11. The largest absolute Gasteiger partial charge is 0.385 e. The molecule has 0 unspecified atom stereocenters. The van der Waals surface area contributed by atoms with Gasteiger partial charge < -0.3 is 5.11 Å². The van der Waals surface area contributed by atoms with Gasteiger partial charge in [0.15, 0.2) is 0 Å². The number of aryl methyl sites for hydroxylation is 2. The molecule has 1 rings (SSSR count). The zero-order valence-corrected chi connectivity index (χ0v) is 8.12. The first-order valence-electron chi connectivity index (χ1n) is 3.58. The molecule has 0 fully saturated rings. The van der Waals surface area contributed by atoms with Crippen LogP contribution in [0.1, 0.15) is 29.4 Å². The van der Waals surface area contributed by atoms with Crippen LogP contribution in [0.2, 0.25) is 0 Å². The summed E-state index contributed by atoms with van der Waals surface area (Å²) in [4.78, 5) is 5.20. The van der Waals surface area contributed by atoms with Gasteiger partial charge in [0, 0.05) is 0 Å². The number of hydrogen-bond donors (Lipinski definition) is 1. The van der Waals surface area contributed by atoms with Crippen molar-refractivity contribution in [3.05, 3.63) is 15.6 Å². The molecule has 0 radical (unpaired) electrons. The molecule has 0 bridgehead atoms. The first kappa shape index (κ1) is 8.68. The molecule has 1 aromatic rings. The summed E-state index contributed by atoms with van der Waals surface area (Å²) < 4.78 is 0. The Labute approximate surface area is 70.9 Å². The number of rotatable bonds is 1. The maximum atomic E-state index is 9.65. The lowest BCUT2D eigenvalue weighted by molar-refractivity contribution is 0.0817. The molecule has 62 valence electrons. The van der Waals surface area contributed by atoms with Crippen molar-refractivity contribution in [1.29, 1.82) is 0 Å². The summed E-state index contributed by atoms with van der Waals surface area (Å²) in [6.45, 7) is 7.45. The van der Waals surface area contributed by atoms with Crippen LogP contribution >= 0.6 is 11.3 Å². The van der Waals surface area contributed by atoms with Crippen molar-refractivity contribution in [2.75, 3.05) is 0 Å². The van der Waals surface area contributed by atoms with Crippen molar-refractivity contribution < 1.29 is 5.11 Å². The van der Waals surface area contributed by atoms with Crippen LogP contribution in [0.3, 0.4) is 0 Å². The number of nitrogens with zero attached hydrogens (tertiary/aromatic N) is 1. The Bertz CT molecular complexity index is 260. The van der Waals surface area contributed by atoms with E-state index in [1.807, 2.05) is 13.8 Å². The van der Waals surface area contributed by atoms with Gasteiger partial charge in [-0.05, 0) is 27.7 Å². The van der Waals surface area contributed by atoms with Crippen molar-refractivity contribution in [3.8, 4) is 0 Å². The summed E-state index contributed by atoms with van der Waals surface area (Å²) in [5, 5.41) is 10.7. The summed E-state index contributed by atoms with van der Waals surface area (Å²) in [6.07, 6.45) is 0. The minimum Gasteiger partial charge on any atom is -0.385 e. The smallest absolute Gasteiger partial charge is 0.0950 e. The minimum atomic E-state index is -0.740. The summed E-state index contributed by atoms with van der Waals surface area (Å²) in [7, 11) is 0. The lowest BCUT2D eigenvalue weighted by Gasteiger charge is -2.14. The Hall–Kier alpha value is -0.410. The molecule has 1 N–H and O–H groups in total. The van der Waals surface area contributed by atoms with Crippen LogP contribution in [0.25, 0.3) is 0 Å². The molecule has 0 aliphatic heterocycles. The first-order chi connectivity index (χ1) is 4.91. The van der Waals surface area contributed by atoms with E-state index in [1.54, 1.807) is 25.2 Å². The van der Waals surface area contributed by atoms with Crippen LogP contribution < -0.4 is 0 Å². The van der Waals surface area contributed by atoms with E-state index < -0.39 is 5.60 Å². The molecule has 0 aliphatic carbocycles. The summed E-state index contributed by atoms with van der Waals surface area (Å²) in [5.74, 6) is 0. The number of thiazole rings is 1. The molecular weight excluding hydrogens is 158 g/mol. The van der Waals surface area contributed by atoms with Gasteiger partial charge in [0.2, 0.25) is 0 Å². The zero-order valence-electron chi connectivity index (χ0n) is 7.30. The van der Waals surface area contributed by atoms with Crippen LogP contribution in [0.15, 0.2) is 0 Å². The molecule has 2 nitrogen and oxygen atoms in total. The van der Waals surface area contributed by atoms with Crippen LogP contribution in [-0.4, -0.2) is 10.1 Å². The van der Waals surface area contributed by atoms with Crippen LogP contribution in [-0.2, 0) is 5.60 Å². The van der Waals surface area contributed by atoms with Gasteiger partial charge in [-0.3, -0.25) is 0 Å². The second-order valence-corrected chi connectivity index (χ2v) is 4.41. The van der Waals surface area contributed by atoms with Crippen molar-refractivity contribution >= 4 is 11.3 Å². The van der Waals surface area contributed by atoms with Gasteiger partial charge in [0.05, 0.1) is 21.2 Å². The Balaban J connectivity index is 3.13. The first-order valence-corrected chi connectivity index (χ1v) is 4.40. The van der Waals surface area contributed by atoms with E-state index in [0.717, 1.165) is 15.6 Å². The van der Waals surface area contributed by atoms with Crippen molar-refractivity contribution in [2.24, 2.45) is 0 Å². The molecule has 0 aromatic carbocycles. The van der Waals surface area contributed by atoms with Gasteiger partial charge in [0.25, 0.3) is 0 Å².